The third kappa shape index (κ3) is 2.27. The molecule has 0 saturated carbocycles. The number of fused-ring (bicyclic) bond motifs is 1. The van der Waals surface area contributed by atoms with Crippen molar-refractivity contribution in [3.8, 4) is 5.75 Å². The number of benzene rings is 1. The van der Waals surface area contributed by atoms with Crippen LogP contribution in [-0.4, -0.2) is 19.1 Å². The molecule has 2 rings (SSSR count). The number of rotatable bonds is 2. The third-order valence-corrected chi connectivity index (χ3v) is 2.61. The monoisotopic (exact) mass is 219 g/mol. The molecule has 0 bridgehead atoms. The van der Waals surface area contributed by atoms with E-state index in [0.29, 0.717) is 19.1 Å². The molecule has 0 aromatic heterocycles. The maximum Gasteiger partial charge on any atom is 0.189 e. The van der Waals surface area contributed by atoms with E-state index in [9.17, 15) is 0 Å². The summed E-state index contributed by atoms with van der Waals surface area (Å²) in [5, 5.41) is 3.22. The Morgan fingerprint density at radius 1 is 1.56 bits per heavy atom. The smallest absolute Gasteiger partial charge is 0.189 e. The highest BCUT2D eigenvalue weighted by Gasteiger charge is 2.20. The summed E-state index contributed by atoms with van der Waals surface area (Å²) in [5.74, 6) is 1.44. The summed E-state index contributed by atoms with van der Waals surface area (Å²) in [6.45, 7) is 3.38. The Labute approximate surface area is 95.5 Å². The Morgan fingerprint density at radius 2 is 2.38 bits per heavy atom. The number of ether oxygens (including phenoxy) is 1. The lowest BCUT2D eigenvalue weighted by molar-refractivity contribution is 0.262. The molecule has 4 heteroatoms. The zero-order valence-electron chi connectivity index (χ0n) is 9.44. The Bertz CT molecular complexity index is 390. The minimum Gasteiger partial charge on any atom is -0.493 e. The van der Waals surface area contributed by atoms with Crippen LogP contribution in [0.1, 0.15) is 24.9 Å². The van der Waals surface area contributed by atoms with Gasteiger partial charge in [-0.2, -0.15) is 0 Å². The van der Waals surface area contributed by atoms with E-state index >= 15 is 0 Å². The van der Waals surface area contributed by atoms with E-state index in [1.54, 1.807) is 0 Å². The molecule has 0 aliphatic carbocycles. The van der Waals surface area contributed by atoms with Gasteiger partial charge in [-0.15, -0.1) is 0 Å². The lowest BCUT2D eigenvalue weighted by Gasteiger charge is -2.26. The number of hydrogen-bond acceptors (Lipinski definition) is 2. The van der Waals surface area contributed by atoms with Gasteiger partial charge in [-0.25, -0.2) is 0 Å². The molecule has 3 N–H and O–H groups in total. The van der Waals surface area contributed by atoms with Crippen molar-refractivity contribution in [1.29, 1.82) is 0 Å². The molecular weight excluding hydrogens is 202 g/mol. The van der Waals surface area contributed by atoms with Crippen LogP contribution in [0.5, 0.6) is 5.75 Å². The molecule has 16 heavy (non-hydrogen) atoms. The number of nitrogens with two attached hydrogens (primary N) is 1. The van der Waals surface area contributed by atoms with E-state index in [1.165, 1.54) is 0 Å². The predicted molar refractivity (Wildman–Crippen MR) is 64.6 cm³/mol. The van der Waals surface area contributed by atoms with Gasteiger partial charge in [0, 0.05) is 18.5 Å². The van der Waals surface area contributed by atoms with Gasteiger partial charge in [0.25, 0.3) is 0 Å². The van der Waals surface area contributed by atoms with Crippen molar-refractivity contribution >= 4 is 5.96 Å². The fraction of sp³-hybridized carbons (Fsp3) is 0.417. The first kappa shape index (κ1) is 10.8. The summed E-state index contributed by atoms with van der Waals surface area (Å²) in [6.07, 6.45) is 0.914. The third-order valence-electron chi connectivity index (χ3n) is 2.61. The standard InChI is InChI=1S/C12H17N3O/c1-2-14-12(13)15-10-7-8-16-11-6-4-3-5-9(10)11/h3-6,10H,2,7-8H2,1H3,(H3,13,14,15). The van der Waals surface area contributed by atoms with Crippen molar-refractivity contribution < 1.29 is 4.74 Å². The number of hydrogen-bond donors (Lipinski definition) is 2. The van der Waals surface area contributed by atoms with E-state index in [1.807, 2.05) is 25.1 Å². The largest absolute Gasteiger partial charge is 0.493 e. The molecule has 1 aliphatic rings. The zero-order chi connectivity index (χ0) is 11.4. The zero-order valence-corrected chi connectivity index (χ0v) is 9.44. The van der Waals surface area contributed by atoms with Crippen LogP contribution in [0.3, 0.4) is 0 Å². The van der Waals surface area contributed by atoms with Gasteiger partial charge < -0.3 is 15.8 Å². The Hall–Kier alpha value is -1.71. The molecule has 86 valence electrons. The molecule has 0 radical (unpaired) electrons. The summed E-state index contributed by atoms with van der Waals surface area (Å²) < 4.78 is 5.57. The molecule has 1 aromatic rings. The van der Waals surface area contributed by atoms with Gasteiger partial charge in [0.05, 0.1) is 12.6 Å². The molecule has 1 unspecified atom stereocenters. The normalized spacial score (nSPS) is 19.8. The first-order valence-electron chi connectivity index (χ1n) is 5.59. The van der Waals surface area contributed by atoms with Crippen LogP contribution in [0.25, 0.3) is 0 Å². The SMILES string of the molecule is CCN=C(N)NC1CCOc2ccccc21. The maximum atomic E-state index is 5.77. The number of aliphatic imine (C=N–C) groups is 1. The lowest BCUT2D eigenvalue weighted by Crippen LogP contribution is -2.37. The summed E-state index contributed by atoms with van der Waals surface area (Å²) in [4.78, 5) is 4.13. The van der Waals surface area contributed by atoms with Crippen LogP contribution in [0.2, 0.25) is 0 Å². The molecule has 0 fully saturated rings. The molecule has 1 aliphatic heterocycles. The fourth-order valence-corrected chi connectivity index (χ4v) is 1.89. The van der Waals surface area contributed by atoms with Crippen molar-refractivity contribution in [2.45, 2.75) is 19.4 Å². The van der Waals surface area contributed by atoms with Crippen LogP contribution in [0.4, 0.5) is 0 Å². The number of nitrogens with zero attached hydrogens (tertiary/aromatic N) is 1. The molecule has 1 aromatic carbocycles. The summed E-state index contributed by atoms with van der Waals surface area (Å²) >= 11 is 0. The number of para-hydroxylation sites is 1. The van der Waals surface area contributed by atoms with Crippen LogP contribution in [0.15, 0.2) is 29.3 Å². The molecule has 0 saturated heterocycles. The van der Waals surface area contributed by atoms with Crippen molar-refractivity contribution in [1.82, 2.24) is 5.32 Å². The van der Waals surface area contributed by atoms with E-state index in [2.05, 4.69) is 16.4 Å². The van der Waals surface area contributed by atoms with Crippen molar-refractivity contribution in [3.63, 3.8) is 0 Å². The van der Waals surface area contributed by atoms with Gasteiger partial charge in [-0.1, -0.05) is 18.2 Å². The van der Waals surface area contributed by atoms with Gasteiger partial charge in [-0.05, 0) is 13.0 Å². The average Bonchev–Trinajstić information content (AvgIpc) is 2.30. The topological polar surface area (TPSA) is 59.6 Å². The second-order valence-corrected chi connectivity index (χ2v) is 3.73. The number of guanidine groups is 1. The van der Waals surface area contributed by atoms with Crippen molar-refractivity contribution in [2.24, 2.45) is 10.7 Å². The molecular formula is C12H17N3O. The second-order valence-electron chi connectivity index (χ2n) is 3.73. The van der Waals surface area contributed by atoms with E-state index in [0.717, 1.165) is 17.7 Å². The Morgan fingerprint density at radius 3 is 3.19 bits per heavy atom. The van der Waals surface area contributed by atoms with Crippen LogP contribution < -0.4 is 15.8 Å². The van der Waals surface area contributed by atoms with Gasteiger partial charge in [0.1, 0.15) is 5.75 Å². The van der Waals surface area contributed by atoms with Gasteiger partial charge >= 0.3 is 0 Å². The van der Waals surface area contributed by atoms with Crippen molar-refractivity contribution in [2.75, 3.05) is 13.2 Å². The summed E-state index contributed by atoms with van der Waals surface area (Å²) in [6, 6.07) is 8.24. The van der Waals surface area contributed by atoms with Gasteiger partial charge in [0.15, 0.2) is 5.96 Å². The maximum absolute atomic E-state index is 5.77. The highest BCUT2D eigenvalue weighted by molar-refractivity contribution is 5.78. The number of nitrogens with one attached hydrogen (secondary N) is 1. The van der Waals surface area contributed by atoms with Crippen LogP contribution in [0, 0.1) is 0 Å². The van der Waals surface area contributed by atoms with Gasteiger partial charge in [0.2, 0.25) is 0 Å². The predicted octanol–water partition coefficient (Wildman–Crippen LogP) is 1.43. The minimum absolute atomic E-state index is 0.209. The van der Waals surface area contributed by atoms with Crippen LogP contribution in [-0.2, 0) is 0 Å². The first-order valence-corrected chi connectivity index (χ1v) is 5.59. The van der Waals surface area contributed by atoms with E-state index < -0.39 is 0 Å². The molecule has 1 atom stereocenters. The summed E-state index contributed by atoms with van der Waals surface area (Å²) in [7, 11) is 0. The molecule has 0 amide bonds. The second kappa shape index (κ2) is 4.88. The highest BCUT2D eigenvalue weighted by Crippen LogP contribution is 2.31. The molecule has 1 heterocycles. The molecule has 0 spiro atoms. The first-order chi connectivity index (χ1) is 7.81. The van der Waals surface area contributed by atoms with Crippen molar-refractivity contribution in [3.05, 3.63) is 29.8 Å². The van der Waals surface area contributed by atoms with E-state index in [4.69, 9.17) is 10.5 Å². The van der Waals surface area contributed by atoms with Crippen LogP contribution >= 0.6 is 0 Å². The van der Waals surface area contributed by atoms with Gasteiger partial charge in [-0.3, -0.25) is 4.99 Å². The Kier molecular flexibility index (Phi) is 3.29. The fourth-order valence-electron chi connectivity index (χ4n) is 1.89. The average molecular weight is 219 g/mol. The molecule has 4 nitrogen and oxygen atoms in total. The lowest BCUT2D eigenvalue weighted by atomic mass is 10.0. The quantitative estimate of drug-likeness (QED) is 0.584. The van der Waals surface area contributed by atoms with E-state index in [-0.39, 0.29) is 6.04 Å². The highest BCUT2D eigenvalue weighted by atomic mass is 16.5. The minimum atomic E-state index is 0.209. The Balaban J connectivity index is 2.16. The summed E-state index contributed by atoms with van der Waals surface area (Å²) in [5.41, 5.74) is 6.93.